The molecule has 0 radical (unpaired) electrons. The molecule has 0 aliphatic rings. The van der Waals surface area contributed by atoms with Crippen molar-refractivity contribution in [3.8, 4) is 0 Å². The minimum Gasteiger partial charge on any atom is -0.212 e. The third kappa shape index (κ3) is 5.98. The molecule has 7 heavy (non-hydrogen) atoms. The molecule has 0 heterocycles. The summed E-state index contributed by atoms with van der Waals surface area (Å²) in [5.41, 5.74) is 1.77. The van der Waals surface area contributed by atoms with Gasteiger partial charge in [0.2, 0.25) is 0 Å². The van der Waals surface area contributed by atoms with Crippen LogP contribution in [-0.2, 0) is 0 Å². The fourth-order valence-electron chi connectivity index (χ4n) is 0.227. The summed E-state index contributed by atoms with van der Waals surface area (Å²) in [4.78, 5) is 0. The molecule has 0 saturated carbocycles. The maximum atomic E-state index is 3.92. The average molecular weight is 119 g/mol. The number of hydrogen-bond donors (Lipinski definition) is 2. The summed E-state index contributed by atoms with van der Waals surface area (Å²) < 4.78 is 0. The Morgan fingerprint density at radius 3 is 3.00 bits per heavy atom. The van der Waals surface area contributed by atoms with Gasteiger partial charge in [-0.1, -0.05) is 12.0 Å². The van der Waals surface area contributed by atoms with Gasteiger partial charge < -0.3 is 0 Å². The zero-order valence-electron chi connectivity index (χ0n) is 4.46. The molecule has 0 aromatic carbocycles. The fourth-order valence-corrected chi connectivity index (χ4v) is 0.321. The monoisotopic (exact) mass is 119 g/mol. The Labute approximate surface area is 49.4 Å². The number of hydrogen-bond acceptors (Lipinski definition) is 2. The van der Waals surface area contributed by atoms with Gasteiger partial charge in [0.1, 0.15) is 5.88 Å². The largest absolute Gasteiger partial charge is 0.212 e. The third-order valence-corrected chi connectivity index (χ3v) is 0.638. The van der Waals surface area contributed by atoms with Crippen molar-refractivity contribution in [1.82, 2.24) is 0 Å². The van der Waals surface area contributed by atoms with Gasteiger partial charge in [0.05, 0.1) is 6.21 Å². The predicted molar refractivity (Wildman–Crippen MR) is 34.6 cm³/mol. The first kappa shape index (κ1) is 6.98. The molecule has 2 N–H and O–H groups in total. The predicted octanol–water partition coefficient (Wildman–Crippen LogP) is -0.167. The lowest BCUT2D eigenvalue weighted by atomic mass is 10.6. The standard InChI is InChI=1S/C4H10N2S/c1-2-3-5-6-4-7/h3,6-7H,2,4H2,1H3/p+1. The van der Waals surface area contributed by atoms with Crippen molar-refractivity contribution in [1.29, 1.82) is 0 Å². The van der Waals surface area contributed by atoms with E-state index in [0.29, 0.717) is 0 Å². The normalized spacial score (nSPS) is 10.6. The van der Waals surface area contributed by atoms with Gasteiger partial charge in [0, 0.05) is 0 Å². The molecule has 0 aromatic rings. The highest BCUT2D eigenvalue weighted by Crippen LogP contribution is 1.59. The van der Waals surface area contributed by atoms with Crippen molar-refractivity contribution in [3.05, 3.63) is 0 Å². The lowest BCUT2D eigenvalue weighted by Gasteiger charge is -1.79. The van der Waals surface area contributed by atoms with Gasteiger partial charge in [-0.25, -0.2) is 5.43 Å². The second-order valence-corrected chi connectivity index (χ2v) is 1.47. The summed E-state index contributed by atoms with van der Waals surface area (Å²) in [6.45, 7) is 2.05. The quantitative estimate of drug-likeness (QED) is 0.170. The van der Waals surface area contributed by atoms with Crippen molar-refractivity contribution >= 4 is 18.8 Å². The van der Waals surface area contributed by atoms with Gasteiger partial charge in [-0.2, -0.15) is 0 Å². The molecule has 0 bridgehead atoms. The van der Waals surface area contributed by atoms with Crippen LogP contribution in [0.5, 0.6) is 0 Å². The highest BCUT2D eigenvalue weighted by molar-refractivity contribution is 7.79. The topological polar surface area (TPSA) is 29.0 Å². The summed E-state index contributed by atoms with van der Waals surface area (Å²) in [6, 6.07) is 0. The highest BCUT2D eigenvalue weighted by Gasteiger charge is 1.69. The molecule has 0 fully saturated rings. The van der Waals surface area contributed by atoms with Crippen molar-refractivity contribution in [2.75, 3.05) is 5.88 Å². The van der Waals surface area contributed by atoms with Gasteiger partial charge in [0.25, 0.3) is 0 Å². The molecule has 2 nitrogen and oxygen atoms in total. The van der Waals surface area contributed by atoms with E-state index in [0.717, 1.165) is 12.3 Å². The summed E-state index contributed by atoms with van der Waals surface area (Å²) >= 11 is 3.92. The highest BCUT2D eigenvalue weighted by atomic mass is 32.1. The molecular formula is C4H11N2S+. The smallest absolute Gasteiger partial charge is 0.143 e. The third-order valence-electron chi connectivity index (χ3n) is 0.475. The van der Waals surface area contributed by atoms with Gasteiger partial charge in [-0.05, 0) is 6.42 Å². The summed E-state index contributed by atoms with van der Waals surface area (Å²) in [7, 11) is 0. The molecule has 3 heteroatoms. The maximum absolute atomic E-state index is 3.92. The van der Waals surface area contributed by atoms with Gasteiger partial charge in [0.15, 0.2) is 0 Å². The van der Waals surface area contributed by atoms with E-state index >= 15 is 0 Å². The van der Waals surface area contributed by atoms with E-state index in [1.807, 2.05) is 6.21 Å². The summed E-state index contributed by atoms with van der Waals surface area (Å²) in [5, 5.41) is 3.88. The first-order valence-corrected chi connectivity index (χ1v) is 2.99. The Hall–Kier alpha value is -0.0200. The second kappa shape index (κ2) is 5.98. The Bertz CT molecular complexity index is 53.7. The average Bonchev–Trinajstić information content (AvgIpc) is 1.69. The van der Waals surface area contributed by atoms with E-state index in [1.54, 1.807) is 5.43 Å². The SMILES string of the molecule is CCC=N[NH2+]CS. The van der Waals surface area contributed by atoms with E-state index in [9.17, 15) is 0 Å². The first-order valence-electron chi connectivity index (χ1n) is 2.36. The van der Waals surface area contributed by atoms with Crippen LogP contribution in [0.1, 0.15) is 13.3 Å². The van der Waals surface area contributed by atoms with E-state index in [-0.39, 0.29) is 0 Å². The van der Waals surface area contributed by atoms with E-state index in [2.05, 4.69) is 24.7 Å². The van der Waals surface area contributed by atoms with E-state index in [4.69, 9.17) is 0 Å². The van der Waals surface area contributed by atoms with Gasteiger partial charge in [-0.15, -0.1) is 12.6 Å². The maximum Gasteiger partial charge on any atom is 0.143 e. The molecule has 0 spiro atoms. The van der Waals surface area contributed by atoms with Crippen LogP contribution in [0.15, 0.2) is 5.10 Å². The number of thiol groups is 1. The zero-order chi connectivity index (χ0) is 5.54. The lowest BCUT2D eigenvalue weighted by Crippen LogP contribution is -2.76. The van der Waals surface area contributed by atoms with Crippen LogP contribution in [0.25, 0.3) is 0 Å². The van der Waals surface area contributed by atoms with Crippen molar-refractivity contribution in [3.63, 3.8) is 0 Å². The summed E-state index contributed by atoms with van der Waals surface area (Å²) in [6.07, 6.45) is 2.86. The minimum absolute atomic E-state index is 0.733. The minimum atomic E-state index is 0.733. The van der Waals surface area contributed by atoms with Crippen LogP contribution < -0.4 is 5.43 Å². The molecule has 0 amide bonds. The molecular weight excluding hydrogens is 108 g/mol. The van der Waals surface area contributed by atoms with Crippen molar-refractivity contribution in [2.24, 2.45) is 5.10 Å². The van der Waals surface area contributed by atoms with Crippen LogP contribution >= 0.6 is 12.6 Å². The Morgan fingerprint density at radius 2 is 2.57 bits per heavy atom. The molecule has 0 unspecified atom stereocenters. The first-order chi connectivity index (χ1) is 3.41. The number of nitrogens with zero attached hydrogens (tertiary/aromatic N) is 1. The molecule has 0 rings (SSSR count). The Kier molecular flexibility index (Phi) is 5.96. The van der Waals surface area contributed by atoms with Crippen molar-refractivity contribution in [2.45, 2.75) is 13.3 Å². The molecule has 0 aromatic heterocycles. The molecule has 0 aliphatic heterocycles. The van der Waals surface area contributed by atoms with E-state index in [1.165, 1.54) is 0 Å². The van der Waals surface area contributed by atoms with Crippen LogP contribution in [0.2, 0.25) is 0 Å². The van der Waals surface area contributed by atoms with Gasteiger partial charge >= 0.3 is 0 Å². The lowest BCUT2D eigenvalue weighted by molar-refractivity contribution is -0.641. The van der Waals surface area contributed by atoms with Gasteiger partial charge in [-0.3, -0.25) is 0 Å². The summed E-state index contributed by atoms with van der Waals surface area (Å²) in [5.74, 6) is 0.733. The molecule has 0 saturated heterocycles. The van der Waals surface area contributed by atoms with Crippen molar-refractivity contribution < 1.29 is 5.43 Å². The van der Waals surface area contributed by atoms with Crippen LogP contribution in [0.3, 0.4) is 0 Å². The fraction of sp³-hybridized carbons (Fsp3) is 0.750. The van der Waals surface area contributed by atoms with Crippen LogP contribution in [-0.4, -0.2) is 12.1 Å². The van der Waals surface area contributed by atoms with E-state index < -0.39 is 0 Å². The number of nitrogens with two attached hydrogens (primary N) is 1. The molecule has 0 aliphatic carbocycles. The van der Waals surface area contributed by atoms with Crippen LogP contribution in [0, 0.1) is 0 Å². The number of rotatable bonds is 3. The Morgan fingerprint density at radius 1 is 1.86 bits per heavy atom. The zero-order valence-corrected chi connectivity index (χ0v) is 5.36. The molecule has 42 valence electrons. The number of quaternary nitrogens is 1. The van der Waals surface area contributed by atoms with Crippen LogP contribution in [0.4, 0.5) is 0 Å². The molecule has 0 atom stereocenters. The Balaban J connectivity index is 2.78. The second-order valence-electron chi connectivity index (χ2n) is 1.11.